The molecule has 0 aromatic heterocycles. The molecule has 0 unspecified atom stereocenters. The van der Waals surface area contributed by atoms with E-state index >= 15 is 0 Å². The maximum Gasteiger partial charge on any atom is 1.00 e. The molecule has 3 fully saturated rings. The van der Waals surface area contributed by atoms with Gasteiger partial charge in [0.05, 0.1) is 212 Å². The number of carbonyl (C=O) groups excluding carboxylic acids is 3. The van der Waals surface area contributed by atoms with E-state index in [2.05, 4.69) is 22.9 Å². The molecular formula is C65H127Cl2N6NaO22S. The summed E-state index contributed by atoms with van der Waals surface area (Å²) in [5.41, 5.74) is -1.77. The molecule has 0 aliphatic carbocycles. The van der Waals surface area contributed by atoms with Crippen molar-refractivity contribution in [2.45, 2.75) is 142 Å². The number of benzene rings is 1. The fourth-order valence-corrected chi connectivity index (χ4v) is 9.89. The summed E-state index contributed by atoms with van der Waals surface area (Å²) in [5, 5.41) is 17.7. The molecule has 4 N–H and O–H groups in total. The predicted octanol–water partition coefficient (Wildman–Crippen LogP) is 2.15. The Bertz CT molecular complexity index is 2180. The molecule has 97 heavy (non-hydrogen) atoms. The summed E-state index contributed by atoms with van der Waals surface area (Å²) in [5.74, 6) is 0.184. The number of rotatable bonds is 47. The van der Waals surface area contributed by atoms with Crippen LogP contribution in [-0.4, -0.2) is 312 Å². The number of carbonyl (C=O) groups is 3. The number of nitrogens with one attached hydrogen (secondary N) is 3. The van der Waals surface area contributed by atoms with Crippen molar-refractivity contribution < 1.29 is 135 Å². The van der Waals surface area contributed by atoms with Crippen molar-refractivity contribution in [1.82, 2.24) is 30.2 Å². The molecule has 0 radical (unpaired) electrons. The van der Waals surface area contributed by atoms with Gasteiger partial charge in [-0.1, -0.05) is 24.6 Å². The Morgan fingerprint density at radius 1 is 0.454 bits per heavy atom. The molecule has 1 aromatic rings. The van der Waals surface area contributed by atoms with Gasteiger partial charge in [-0.15, -0.1) is 0 Å². The molecule has 570 valence electrons. The summed E-state index contributed by atoms with van der Waals surface area (Å²) in [6.45, 7) is 43.9. The Hall–Kier alpha value is -1.64. The Kier molecular flexibility index (Phi) is 59.2. The molecule has 0 spiro atoms. The average Bonchev–Trinajstić information content (AvgIpc) is 1.60. The molecule has 0 atom stereocenters. The van der Waals surface area contributed by atoms with Crippen LogP contribution in [0.5, 0.6) is 0 Å². The number of hydrogen-bond acceptors (Lipinski definition) is 25. The monoisotopic (exact) mass is 1470 g/mol. The van der Waals surface area contributed by atoms with Crippen LogP contribution in [0.4, 0.5) is 0 Å². The van der Waals surface area contributed by atoms with Gasteiger partial charge in [0.25, 0.3) is 9.05 Å². The van der Waals surface area contributed by atoms with Crippen molar-refractivity contribution in [2.24, 2.45) is 0 Å². The number of nitrogens with zero attached hydrogens (tertiary/aromatic N) is 3. The van der Waals surface area contributed by atoms with E-state index in [1.807, 2.05) is 94.9 Å². The van der Waals surface area contributed by atoms with Crippen LogP contribution in [0.1, 0.15) is 103 Å². The van der Waals surface area contributed by atoms with Gasteiger partial charge >= 0.3 is 29.6 Å². The minimum atomic E-state index is -3.55. The van der Waals surface area contributed by atoms with Crippen molar-refractivity contribution in [3.05, 3.63) is 29.8 Å². The third-order valence-corrected chi connectivity index (χ3v) is 15.8. The number of methoxy groups -OCH3 is 4. The van der Waals surface area contributed by atoms with Crippen molar-refractivity contribution in [3.63, 3.8) is 0 Å². The quantitative estimate of drug-likeness (QED) is 0.0315. The second-order valence-electron chi connectivity index (χ2n) is 24.7. The van der Waals surface area contributed by atoms with Gasteiger partial charge in [0.1, 0.15) is 11.2 Å². The third kappa shape index (κ3) is 48.1. The van der Waals surface area contributed by atoms with E-state index < -0.39 is 31.3 Å². The SMILES string of the molecule is CC1(C)NC(=O)C(C)(C)N1.CCCOCCOCCOCCOC.COCCOCCOCCOCCN1C(=O)C(C)(C)N(Cl)C1(C)C.COCCOCCOCCOCCN1C(=O)C(C)(C)NC1(C)C.COCCOCCOCCOCCO.Cc1ccc(S(=O)(=O)Cl)cc1.[H-].[Na+]. The summed E-state index contributed by atoms with van der Waals surface area (Å²) in [7, 11) is 8.11. The first-order chi connectivity index (χ1) is 45.2. The van der Waals surface area contributed by atoms with Gasteiger partial charge in [0, 0.05) is 58.8 Å². The second-order valence-corrected chi connectivity index (χ2v) is 27.6. The van der Waals surface area contributed by atoms with E-state index in [0.29, 0.717) is 191 Å². The average molecular weight is 1470 g/mol. The van der Waals surface area contributed by atoms with Crippen molar-refractivity contribution in [2.75, 3.05) is 233 Å². The fraction of sp³-hybridized carbons (Fsp3) is 0.862. The molecule has 3 aliphatic rings. The Labute approximate surface area is 615 Å². The molecule has 0 bridgehead atoms. The van der Waals surface area contributed by atoms with E-state index in [0.717, 1.165) is 18.6 Å². The smallest absolute Gasteiger partial charge is 1.00 e. The maximum atomic E-state index is 12.5. The van der Waals surface area contributed by atoms with Gasteiger partial charge in [-0.05, 0) is 120 Å². The number of aryl methyl sites for hydroxylation is 1. The number of hydrogen-bond donors (Lipinski definition) is 4. The van der Waals surface area contributed by atoms with Gasteiger partial charge in [-0.2, -0.15) is 4.42 Å². The maximum absolute atomic E-state index is 12.5. The molecule has 0 saturated carbocycles. The first-order valence-corrected chi connectivity index (χ1v) is 35.4. The van der Waals surface area contributed by atoms with E-state index in [9.17, 15) is 22.8 Å². The van der Waals surface area contributed by atoms with Crippen LogP contribution >= 0.6 is 22.5 Å². The topological polar surface area (TPSA) is 299 Å². The predicted molar refractivity (Wildman–Crippen MR) is 370 cm³/mol. The van der Waals surface area contributed by atoms with Crippen LogP contribution in [0.2, 0.25) is 0 Å². The van der Waals surface area contributed by atoms with Crippen LogP contribution in [0.15, 0.2) is 29.2 Å². The molecule has 3 heterocycles. The van der Waals surface area contributed by atoms with E-state index in [1.54, 1.807) is 49.9 Å². The minimum absolute atomic E-state index is 0. The van der Waals surface area contributed by atoms with E-state index in [1.165, 1.54) is 12.1 Å². The van der Waals surface area contributed by atoms with Crippen LogP contribution in [0.3, 0.4) is 0 Å². The Morgan fingerprint density at radius 3 is 1.00 bits per heavy atom. The van der Waals surface area contributed by atoms with Gasteiger partial charge in [-0.3, -0.25) is 25.0 Å². The standard InChI is InChI=1S/C16H31ClN2O5.C16H32N2O5.C10H22O4.C9H20O5.C7H7ClO2S.C7H14N2O.Na.H/c1-15(2)14(20)18(16(3,4)19(15)17)6-7-22-10-11-24-13-12-23-9-8-21-5;1-15(2)14(19)18(16(3,4)17-15)6-7-21-10-11-23-13-12-22-9-8-20-5;1-3-4-12-7-8-14-10-9-13-6-5-11-2;1-11-4-5-13-8-9-14-7-6-12-3-2-10;1-6-2-4-7(5-3-6)11(8,9)10;1-6(2)5(10)8-7(3,4)9-6;;/h6-13H2,1-5H3;17H,6-13H2,1-5H3;3-10H2,1-2H3;10H,2-9H2,1H3;2-5H,1H3;9H,1-4H3,(H,8,10);;/q;;;;;;+1;-1. The van der Waals surface area contributed by atoms with Crippen molar-refractivity contribution in [3.8, 4) is 0 Å². The normalized spacial score (nSPS) is 16.9. The summed E-state index contributed by atoms with van der Waals surface area (Å²) < 4.78 is 106. The molecule has 32 heteroatoms. The van der Waals surface area contributed by atoms with E-state index in [4.69, 9.17) is 103 Å². The first kappa shape index (κ1) is 99.5. The molecule has 4 rings (SSSR count). The Balaban J connectivity index is -0.000000555. The Morgan fingerprint density at radius 2 is 0.763 bits per heavy atom. The zero-order chi connectivity index (χ0) is 73.0. The largest absolute Gasteiger partial charge is 1.00 e. The van der Waals surface area contributed by atoms with Gasteiger partial charge in [0.2, 0.25) is 17.7 Å². The van der Waals surface area contributed by atoms with Crippen molar-refractivity contribution >= 4 is 49.2 Å². The molecule has 28 nitrogen and oxygen atoms in total. The summed E-state index contributed by atoms with van der Waals surface area (Å²) in [6.07, 6.45) is 1.06. The number of ether oxygens (including phenoxy) is 16. The number of aliphatic hydroxyl groups excluding tert-OH is 1. The van der Waals surface area contributed by atoms with Crippen LogP contribution < -0.4 is 45.5 Å². The zero-order valence-corrected chi connectivity index (χ0v) is 66.8. The first-order valence-electron chi connectivity index (χ1n) is 32.8. The van der Waals surface area contributed by atoms with Crippen LogP contribution in [-0.2, 0) is 99.2 Å². The number of aliphatic hydroxyl groups is 1. The molecule has 1 aromatic carbocycles. The number of halogens is 2. The van der Waals surface area contributed by atoms with E-state index in [-0.39, 0.29) is 71.5 Å². The number of amides is 3. The third-order valence-electron chi connectivity index (χ3n) is 13.6. The van der Waals surface area contributed by atoms with Gasteiger partial charge < -0.3 is 97.4 Å². The molecule has 3 amide bonds. The summed E-state index contributed by atoms with van der Waals surface area (Å²) in [4.78, 5) is 39.6. The van der Waals surface area contributed by atoms with Gasteiger partial charge in [-0.25, -0.2) is 8.42 Å². The van der Waals surface area contributed by atoms with Crippen LogP contribution in [0, 0.1) is 6.92 Å². The molecular weight excluding hydrogens is 1340 g/mol. The van der Waals surface area contributed by atoms with Crippen molar-refractivity contribution in [1.29, 1.82) is 0 Å². The zero-order valence-electron chi connectivity index (χ0n) is 63.5. The summed E-state index contributed by atoms with van der Waals surface area (Å²) in [6, 6.07) is 6.37. The van der Waals surface area contributed by atoms with Crippen LogP contribution in [0.25, 0.3) is 0 Å². The fourth-order valence-electron chi connectivity index (χ4n) is 8.95. The molecule has 3 aliphatic heterocycles. The molecule has 3 saturated heterocycles. The van der Waals surface area contributed by atoms with Gasteiger partial charge in [0.15, 0.2) is 0 Å². The summed E-state index contributed by atoms with van der Waals surface area (Å²) >= 11 is 6.32. The second kappa shape index (κ2) is 57.7. The minimum Gasteiger partial charge on any atom is -1.00 e.